The zero-order valence-corrected chi connectivity index (χ0v) is 10.3. The summed E-state index contributed by atoms with van der Waals surface area (Å²) in [6.45, 7) is 12.0. The Bertz CT molecular complexity index is 259. The molecule has 0 fully saturated rings. The Labute approximate surface area is 94.5 Å². The zero-order valence-electron chi connectivity index (χ0n) is 10.3. The predicted molar refractivity (Wildman–Crippen MR) is 69.5 cm³/mol. The van der Waals surface area contributed by atoms with Gasteiger partial charge in [-0.1, -0.05) is 44.7 Å². The monoisotopic (exact) mass is 205 g/mol. The lowest BCUT2D eigenvalue weighted by atomic mass is 10.2. The molecule has 0 aliphatic rings. The van der Waals surface area contributed by atoms with Gasteiger partial charge >= 0.3 is 0 Å². The molecule has 0 aromatic heterocycles. The van der Waals surface area contributed by atoms with E-state index in [0.29, 0.717) is 0 Å². The zero-order chi connectivity index (χ0) is 11.7. The van der Waals surface area contributed by atoms with Crippen molar-refractivity contribution in [3.8, 4) is 0 Å². The third kappa shape index (κ3) is 5.95. The standard InChI is InChI=1S/C14H23N/c1-6-8-10-12-14(4)15(5)13(3)11-9-7-2/h6,8,10,12H,1,3,7,9,11H2,2,4-5H3/b10-8-,14-12+. The van der Waals surface area contributed by atoms with Crippen LogP contribution in [-0.2, 0) is 0 Å². The van der Waals surface area contributed by atoms with Crippen molar-refractivity contribution in [1.82, 2.24) is 4.90 Å². The third-order valence-corrected chi connectivity index (χ3v) is 2.41. The summed E-state index contributed by atoms with van der Waals surface area (Å²) >= 11 is 0. The van der Waals surface area contributed by atoms with Crippen molar-refractivity contribution in [2.45, 2.75) is 33.1 Å². The highest BCUT2D eigenvalue weighted by atomic mass is 15.1. The second-order valence-corrected chi connectivity index (χ2v) is 3.66. The first-order chi connectivity index (χ1) is 7.13. The van der Waals surface area contributed by atoms with Gasteiger partial charge in [-0.25, -0.2) is 0 Å². The molecule has 0 atom stereocenters. The van der Waals surface area contributed by atoms with E-state index in [0.717, 1.165) is 6.42 Å². The summed E-state index contributed by atoms with van der Waals surface area (Å²) in [4.78, 5) is 2.14. The molecular formula is C14H23N. The smallest absolute Gasteiger partial charge is 0.0142 e. The normalized spacial score (nSPS) is 11.8. The van der Waals surface area contributed by atoms with Gasteiger partial charge in [-0.3, -0.25) is 0 Å². The van der Waals surface area contributed by atoms with Crippen molar-refractivity contribution in [3.63, 3.8) is 0 Å². The maximum Gasteiger partial charge on any atom is 0.0142 e. The number of unbranched alkanes of at least 4 members (excludes halogenated alkanes) is 1. The van der Waals surface area contributed by atoms with Crippen LogP contribution in [0.3, 0.4) is 0 Å². The van der Waals surface area contributed by atoms with Gasteiger partial charge in [-0.2, -0.15) is 0 Å². The quantitative estimate of drug-likeness (QED) is 0.561. The van der Waals surface area contributed by atoms with Gasteiger partial charge in [0.25, 0.3) is 0 Å². The summed E-state index contributed by atoms with van der Waals surface area (Å²) in [5.41, 5.74) is 2.38. The SMILES string of the molecule is C=C/C=C\C=C(/C)N(C)C(=C)CCCC. The number of allylic oxidation sites excluding steroid dienone is 6. The molecule has 0 aromatic rings. The average Bonchev–Trinajstić information content (AvgIpc) is 2.24. The first kappa shape index (κ1) is 13.8. The molecule has 1 nitrogen and oxygen atoms in total. The Balaban J connectivity index is 4.23. The number of nitrogens with zero attached hydrogens (tertiary/aromatic N) is 1. The first-order valence-electron chi connectivity index (χ1n) is 5.51. The molecule has 0 bridgehead atoms. The third-order valence-electron chi connectivity index (χ3n) is 2.41. The van der Waals surface area contributed by atoms with Crippen molar-refractivity contribution in [2.75, 3.05) is 7.05 Å². The Morgan fingerprint density at radius 1 is 1.33 bits per heavy atom. The molecule has 0 aliphatic heterocycles. The molecular weight excluding hydrogens is 182 g/mol. The maximum absolute atomic E-state index is 4.08. The molecule has 0 aliphatic carbocycles. The van der Waals surface area contributed by atoms with E-state index in [-0.39, 0.29) is 0 Å². The van der Waals surface area contributed by atoms with E-state index >= 15 is 0 Å². The van der Waals surface area contributed by atoms with Crippen LogP contribution in [0.1, 0.15) is 33.1 Å². The van der Waals surface area contributed by atoms with Crippen LogP contribution in [-0.4, -0.2) is 11.9 Å². The molecule has 84 valence electrons. The summed E-state index contributed by atoms with van der Waals surface area (Å²) in [6.07, 6.45) is 11.3. The first-order valence-corrected chi connectivity index (χ1v) is 5.51. The molecule has 0 N–H and O–H groups in total. The van der Waals surface area contributed by atoms with Gasteiger partial charge in [0.15, 0.2) is 0 Å². The molecule has 0 aromatic carbocycles. The number of hydrogen-bond acceptors (Lipinski definition) is 1. The van der Waals surface area contributed by atoms with Crippen molar-refractivity contribution in [1.29, 1.82) is 0 Å². The Morgan fingerprint density at radius 3 is 2.53 bits per heavy atom. The second kappa shape index (κ2) is 8.10. The molecule has 0 amide bonds. The highest BCUT2D eigenvalue weighted by molar-refractivity contribution is 5.16. The molecule has 0 heterocycles. The van der Waals surface area contributed by atoms with Crippen molar-refractivity contribution in [3.05, 3.63) is 48.9 Å². The lowest BCUT2D eigenvalue weighted by Gasteiger charge is -2.22. The molecule has 1 heteroatoms. The Hall–Kier alpha value is -1.24. The Kier molecular flexibility index (Phi) is 7.43. The fourth-order valence-corrected chi connectivity index (χ4v) is 1.18. The van der Waals surface area contributed by atoms with E-state index in [1.54, 1.807) is 6.08 Å². The largest absolute Gasteiger partial charge is 0.352 e. The summed E-state index contributed by atoms with van der Waals surface area (Å²) < 4.78 is 0. The van der Waals surface area contributed by atoms with Crippen LogP contribution in [0, 0.1) is 0 Å². The second-order valence-electron chi connectivity index (χ2n) is 3.66. The van der Waals surface area contributed by atoms with Gasteiger partial charge in [0.2, 0.25) is 0 Å². The van der Waals surface area contributed by atoms with Crippen molar-refractivity contribution >= 4 is 0 Å². The summed E-state index contributed by atoms with van der Waals surface area (Å²) in [5, 5.41) is 0. The molecule has 0 rings (SSSR count). The van der Waals surface area contributed by atoms with Gasteiger partial charge in [0, 0.05) is 18.4 Å². The topological polar surface area (TPSA) is 3.24 Å². The van der Waals surface area contributed by atoms with Crippen LogP contribution in [0.25, 0.3) is 0 Å². The van der Waals surface area contributed by atoms with E-state index in [9.17, 15) is 0 Å². The lowest BCUT2D eigenvalue weighted by Crippen LogP contribution is -2.14. The predicted octanol–water partition coefficient (Wildman–Crippen LogP) is 4.27. The van der Waals surface area contributed by atoms with Gasteiger partial charge in [-0.15, -0.1) is 0 Å². The summed E-state index contributed by atoms with van der Waals surface area (Å²) in [5.74, 6) is 0. The molecule has 0 spiro atoms. The number of hydrogen-bond donors (Lipinski definition) is 0. The van der Waals surface area contributed by atoms with E-state index in [1.807, 2.05) is 12.2 Å². The fraction of sp³-hybridized carbons (Fsp3) is 0.429. The minimum absolute atomic E-state index is 1.07. The molecule has 0 unspecified atom stereocenters. The molecule has 0 saturated carbocycles. The average molecular weight is 205 g/mol. The van der Waals surface area contributed by atoms with Crippen LogP contribution < -0.4 is 0 Å². The lowest BCUT2D eigenvalue weighted by molar-refractivity contribution is 0.490. The Morgan fingerprint density at radius 2 is 2.00 bits per heavy atom. The summed E-state index contributed by atoms with van der Waals surface area (Å²) in [7, 11) is 2.06. The van der Waals surface area contributed by atoms with Crippen LogP contribution in [0.2, 0.25) is 0 Å². The maximum atomic E-state index is 4.08. The highest BCUT2D eigenvalue weighted by Crippen LogP contribution is 2.14. The van der Waals surface area contributed by atoms with E-state index in [2.05, 4.69) is 45.0 Å². The van der Waals surface area contributed by atoms with E-state index in [1.165, 1.54) is 24.2 Å². The minimum Gasteiger partial charge on any atom is -0.352 e. The van der Waals surface area contributed by atoms with Gasteiger partial charge in [0.05, 0.1) is 0 Å². The molecule has 0 radical (unpaired) electrons. The van der Waals surface area contributed by atoms with Gasteiger partial charge < -0.3 is 4.90 Å². The fourth-order valence-electron chi connectivity index (χ4n) is 1.18. The molecule has 0 saturated heterocycles. The van der Waals surface area contributed by atoms with Crippen LogP contribution in [0.15, 0.2) is 48.9 Å². The van der Waals surface area contributed by atoms with Crippen LogP contribution >= 0.6 is 0 Å². The van der Waals surface area contributed by atoms with Crippen LogP contribution in [0.5, 0.6) is 0 Å². The van der Waals surface area contributed by atoms with Crippen molar-refractivity contribution in [2.24, 2.45) is 0 Å². The van der Waals surface area contributed by atoms with Crippen LogP contribution in [0.4, 0.5) is 0 Å². The van der Waals surface area contributed by atoms with Crippen molar-refractivity contribution < 1.29 is 0 Å². The summed E-state index contributed by atoms with van der Waals surface area (Å²) in [6, 6.07) is 0. The van der Waals surface area contributed by atoms with E-state index < -0.39 is 0 Å². The highest BCUT2D eigenvalue weighted by Gasteiger charge is 2.01. The minimum atomic E-state index is 1.07. The number of rotatable bonds is 7. The molecule has 15 heavy (non-hydrogen) atoms. The van der Waals surface area contributed by atoms with Gasteiger partial charge in [0.1, 0.15) is 0 Å². The van der Waals surface area contributed by atoms with Gasteiger partial charge in [-0.05, 0) is 25.8 Å². The van der Waals surface area contributed by atoms with E-state index in [4.69, 9.17) is 0 Å².